The summed E-state index contributed by atoms with van der Waals surface area (Å²) >= 11 is 0. The van der Waals surface area contributed by atoms with Gasteiger partial charge in [-0.05, 0) is 76.8 Å². The lowest BCUT2D eigenvalue weighted by molar-refractivity contribution is -0.147. The lowest BCUT2D eigenvalue weighted by Gasteiger charge is -2.15. The van der Waals surface area contributed by atoms with Crippen LogP contribution in [0.4, 0.5) is 0 Å². The Hall–Kier alpha value is -2.41. The molecule has 1 amide bonds. The standard InChI is InChI=1S/C43H78N2O5/c1-3-5-7-9-11-13-15-16-18-20-22-27-31-37-42(47)50-39(33-28-24-21-19-17-14-12-10-8-6-4-2)34-29-25-23-26-30-36-41(46)45-40(43(48)49)35-32-38-44/h12,14,19,21,28,33,39-40H,3-11,13,15-18,20,22-27,29-32,34-38,44H2,1-2H3,(H,45,46)(H,48,49)/b14-12-,21-19-,33-28-. The second-order valence-electron chi connectivity index (χ2n) is 14.1. The fourth-order valence-corrected chi connectivity index (χ4v) is 6.02. The predicted molar refractivity (Wildman–Crippen MR) is 211 cm³/mol. The van der Waals surface area contributed by atoms with E-state index in [9.17, 15) is 19.5 Å². The number of rotatable bonds is 37. The maximum absolute atomic E-state index is 12.7. The number of ether oxygens (including phenoxy) is 1. The van der Waals surface area contributed by atoms with E-state index < -0.39 is 12.0 Å². The van der Waals surface area contributed by atoms with Crippen LogP contribution < -0.4 is 11.1 Å². The molecule has 0 aliphatic carbocycles. The Morgan fingerprint density at radius 2 is 1.10 bits per heavy atom. The van der Waals surface area contributed by atoms with Crippen molar-refractivity contribution in [3.63, 3.8) is 0 Å². The first-order valence-corrected chi connectivity index (χ1v) is 20.8. The largest absolute Gasteiger partial charge is 0.480 e. The van der Waals surface area contributed by atoms with Gasteiger partial charge in [-0.1, -0.05) is 153 Å². The lowest BCUT2D eigenvalue weighted by atomic mass is 10.0. The van der Waals surface area contributed by atoms with E-state index >= 15 is 0 Å². The fourth-order valence-electron chi connectivity index (χ4n) is 6.02. The number of esters is 1. The van der Waals surface area contributed by atoms with Gasteiger partial charge in [-0.25, -0.2) is 4.79 Å². The van der Waals surface area contributed by atoms with Gasteiger partial charge in [-0.2, -0.15) is 0 Å². The number of nitrogens with two attached hydrogens (primary N) is 1. The number of amides is 1. The number of carbonyl (C=O) groups is 3. The molecule has 7 heteroatoms. The summed E-state index contributed by atoms with van der Waals surface area (Å²) in [5.74, 6) is -1.32. The third-order valence-electron chi connectivity index (χ3n) is 9.19. The van der Waals surface area contributed by atoms with Crippen molar-refractivity contribution in [2.75, 3.05) is 6.54 Å². The highest BCUT2D eigenvalue weighted by Crippen LogP contribution is 2.16. The van der Waals surface area contributed by atoms with Crippen molar-refractivity contribution in [2.24, 2.45) is 5.73 Å². The van der Waals surface area contributed by atoms with Gasteiger partial charge in [0.05, 0.1) is 0 Å². The molecule has 0 aliphatic heterocycles. The SMILES string of the molecule is CCCCC/C=C\C/C=C\C/C=C\C(CCCCCCCC(=O)NC(CCCN)C(=O)O)OC(=O)CCCCCCCCCCCCCCC. The molecule has 2 unspecified atom stereocenters. The molecule has 0 rings (SSSR count). The van der Waals surface area contributed by atoms with Crippen molar-refractivity contribution in [2.45, 2.75) is 212 Å². The molecule has 0 saturated heterocycles. The molecule has 0 radical (unpaired) electrons. The number of nitrogens with one attached hydrogen (secondary N) is 1. The van der Waals surface area contributed by atoms with Gasteiger partial charge in [0.25, 0.3) is 0 Å². The van der Waals surface area contributed by atoms with E-state index in [1.54, 1.807) is 0 Å². The Morgan fingerprint density at radius 1 is 0.600 bits per heavy atom. The smallest absolute Gasteiger partial charge is 0.326 e. The molecule has 0 aromatic rings. The Morgan fingerprint density at radius 3 is 1.68 bits per heavy atom. The number of allylic oxidation sites excluding steroid dienone is 5. The topological polar surface area (TPSA) is 119 Å². The molecular formula is C43H78N2O5. The van der Waals surface area contributed by atoms with Gasteiger partial charge < -0.3 is 20.9 Å². The molecule has 0 aromatic heterocycles. The molecule has 290 valence electrons. The minimum Gasteiger partial charge on any atom is -0.480 e. The van der Waals surface area contributed by atoms with Crippen LogP contribution in [0.2, 0.25) is 0 Å². The molecular weight excluding hydrogens is 624 g/mol. The van der Waals surface area contributed by atoms with Crippen LogP contribution in [0.3, 0.4) is 0 Å². The van der Waals surface area contributed by atoms with Gasteiger partial charge in [0.1, 0.15) is 12.1 Å². The van der Waals surface area contributed by atoms with Gasteiger partial charge in [0.15, 0.2) is 0 Å². The predicted octanol–water partition coefficient (Wildman–Crippen LogP) is 11.4. The van der Waals surface area contributed by atoms with Crippen LogP contribution in [0.25, 0.3) is 0 Å². The summed E-state index contributed by atoms with van der Waals surface area (Å²) in [5.41, 5.74) is 5.47. The second-order valence-corrected chi connectivity index (χ2v) is 14.1. The monoisotopic (exact) mass is 703 g/mol. The average Bonchev–Trinajstić information content (AvgIpc) is 3.10. The van der Waals surface area contributed by atoms with Crippen LogP contribution in [0.15, 0.2) is 36.5 Å². The van der Waals surface area contributed by atoms with Crippen molar-refractivity contribution in [3.8, 4) is 0 Å². The van der Waals surface area contributed by atoms with Crippen LogP contribution in [0.5, 0.6) is 0 Å². The zero-order valence-electron chi connectivity index (χ0n) is 32.5. The van der Waals surface area contributed by atoms with Crippen LogP contribution in [0.1, 0.15) is 200 Å². The molecule has 50 heavy (non-hydrogen) atoms. The van der Waals surface area contributed by atoms with Crippen molar-refractivity contribution < 1.29 is 24.2 Å². The number of unbranched alkanes of at least 4 members (excludes halogenated alkanes) is 19. The Balaban J connectivity index is 4.43. The van der Waals surface area contributed by atoms with Gasteiger partial charge >= 0.3 is 11.9 Å². The first-order valence-electron chi connectivity index (χ1n) is 20.8. The zero-order valence-corrected chi connectivity index (χ0v) is 32.5. The maximum Gasteiger partial charge on any atom is 0.326 e. The Bertz CT molecular complexity index is 885. The van der Waals surface area contributed by atoms with Crippen LogP contribution in [-0.2, 0) is 19.1 Å². The molecule has 0 heterocycles. The maximum atomic E-state index is 12.7. The first-order chi connectivity index (χ1) is 24.4. The number of hydrogen-bond acceptors (Lipinski definition) is 5. The van der Waals surface area contributed by atoms with E-state index in [-0.39, 0.29) is 18.0 Å². The summed E-state index contributed by atoms with van der Waals surface area (Å²) in [6.45, 7) is 4.90. The van der Waals surface area contributed by atoms with Crippen molar-refractivity contribution in [3.05, 3.63) is 36.5 Å². The van der Waals surface area contributed by atoms with Crippen LogP contribution >= 0.6 is 0 Å². The molecule has 0 spiro atoms. The number of carboxylic acids is 1. The van der Waals surface area contributed by atoms with Gasteiger partial charge in [-0.3, -0.25) is 9.59 Å². The van der Waals surface area contributed by atoms with E-state index in [1.807, 2.05) is 0 Å². The third-order valence-corrected chi connectivity index (χ3v) is 9.19. The Kier molecular flexibility index (Phi) is 36.0. The van der Waals surface area contributed by atoms with Gasteiger partial charge in [0, 0.05) is 12.8 Å². The summed E-state index contributed by atoms with van der Waals surface area (Å²) in [5, 5.41) is 11.9. The van der Waals surface area contributed by atoms with Gasteiger partial charge in [-0.15, -0.1) is 0 Å². The lowest BCUT2D eigenvalue weighted by Crippen LogP contribution is -2.40. The average molecular weight is 703 g/mol. The summed E-state index contributed by atoms with van der Waals surface area (Å²) in [4.78, 5) is 36.2. The fraction of sp³-hybridized carbons (Fsp3) is 0.791. The van der Waals surface area contributed by atoms with E-state index in [2.05, 4.69) is 55.6 Å². The molecule has 0 fully saturated rings. The quantitative estimate of drug-likeness (QED) is 0.0337. The van der Waals surface area contributed by atoms with E-state index in [0.29, 0.717) is 32.2 Å². The van der Waals surface area contributed by atoms with Crippen LogP contribution in [0, 0.1) is 0 Å². The Labute approximate surface area is 307 Å². The molecule has 0 aliphatic rings. The normalized spacial score (nSPS) is 13.0. The van der Waals surface area contributed by atoms with E-state index in [4.69, 9.17) is 10.5 Å². The van der Waals surface area contributed by atoms with E-state index in [0.717, 1.165) is 70.6 Å². The second kappa shape index (κ2) is 37.8. The number of hydrogen-bond donors (Lipinski definition) is 3. The first kappa shape index (κ1) is 47.6. The third kappa shape index (κ3) is 34.1. The zero-order chi connectivity index (χ0) is 36.8. The van der Waals surface area contributed by atoms with Crippen LogP contribution in [-0.4, -0.2) is 41.6 Å². The van der Waals surface area contributed by atoms with Crippen molar-refractivity contribution in [1.82, 2.24) is 5.32 Å². The number of aliphatic carboxylic acids is 1. The highest BCUT2D eigenvalue weighted by atomic mass is 16.5. The number of carboxylic acid groups (broad SMARTS) is 1. The molecule has 0 saturated carbocycles. The van der Waals surface area contributed by atoms with Gasteiger partial charge in [0.2, 0.25) is 5.91 Å². The highest BCUT2D eigenvalue weighted by molar-refractivity contribution is 5.83. The minimum atomic E-state index is -1.01. The highest BCUT2D eigenvalue weighted by Gasteiger charge is 2.18. The van der Waals surface area contributed by atoms with E-state index in [1.165, 1.54) is 89.9 Å². The molecule has 0 aromatic carbocycles. The minimum absolute atomic E-state index is 0.0939. The van der Waals surface area contributed by atoms with Crippen molar-refractivity contribution >= 4 is 17.8 Å². The summed E-state index contributed by atoms with van der Waals surface area (Å²) in [7, 11) is 0. The molecule has 0 bridgehead atoms. The summed E-state index contributed by atoms with van der Waals surface area (Å²) in [6, 6.07) is -0.865. The molecule has 7 nitrogen and oxygen atoms in total. The molecule has 2 atom stereocenters. The number of carbonyl (C=O) groups excluding carboxylic acids is 2. The van der Waals surface area contributed by atoms with Crippen molar-refractivity contribution in [1.29, 1.82) is 0 Å². The summed E-state index contributed by atoms with van der Waals surface area (Å²) < 4.78 is 5.92. The molecule has 4 N–H and O–H groups in total. The summed E-state index contributed by atoms with van der Waals surface area (Å²) in [6.07, 6.45) is 43.4.